The number of hydrogen-bond acceptors (Lipinski definition) is 5. The van der Waals surface area contributed by atoms with Gasteiger partial charge in [0.1, 0.15) is 5.82 Å². The van der Waals surface area contributed by atoms with Crippen molar-refractivity contribution in [3.8, 4) is 0 Å². The van der Waals surface area contributed by atoms with Crippen molar-refractivity contribution in [3.05, 3.63) is 59.4 Å². The standard InChI is InChI=1S/C25H29FN4O4/c26-19-6-4-18(5-7-19)24(32)27-22-9-8-20(16-21(22)25(33)34)29-14-12-28(13-15-29)17-23(31)30-10-2-1-3-11-30/h4-9,16H,1-3,10-15,17H2,(H,27,32)(H,33,34). The molecule has 2 aliphatic rings. The van der Waals surface area contributed by atoms with E-state index in [9.17, 15) is 23.9 Å². The molecule has 180 valence electrons. The molecule has 8 nitrogen and oxygen atoms in total. The molecule has 0 aliphatic carbocycles. The van der Waals surface area contributed by atoms with E-state index in [2.05, 4.69) is 15.1 Å². The Morgan fingerprint density at radius 1 is 0.882 bits per heavy atom. The van der Waals surface area contributed by atoms with Crippen LogP contribution in [0.5, 0.6) is 0 Å². The molecule has 34 heavy (non-hydrogen) atoms. The summed E-state index contributed by atoms with van der Waals surface area (Å²) in [6.07, 6.45) is 3.34. The first-order valence-electron chi connectivity index (χ1n) is 11.6. The molecule has 2 aromatic carbocycles. The molecule has 2 N–H and O–H groups in total. The quantitative estimate of drug-likeness (QED) is 0.677. The van der Waals surface area contributed by atoms with E-state index >= 15 is 0 Å². The molecule has 0 aromatic heterocycles. The van der Waals surface area contributed by atoms with E-state index in [0.29, 0.717) is 32.7 Å². The smallest absolute Gasteiger partial charge is 0.337 e. The van der Waals surface area contributed by atoms with Gasteiger partial charge in [0.05, 0.1) is 17.8 Å². The van der Waals surface area contributed by atoms with Gasteiger partial charge in [0.2, 0.25) is 5.91 Å². The van der Waals surface area contributed by atoms with Crippen LogP contribution in [0.15, 0.2) is 42.5 Å². The lowest BCUT2D eigenvalue weighted by atomic mass is 10.1. The average Bonchev–Trinajstić information content (AvgIpc) is 2.85. The van der Waals surface area contributed by atoms with Crippen LogP contribution in [0.1, 0.15) is 40.0 Å². The fourth-order valence-corrected chi connectivity index (χ4v) is 4.41. The first kappa shape index (κ1) is 23.7. The number of carboxylic acids is 1. The van der Waals surface area contributed by atoms with Gasteiger partial charge in [0.15, 0.2) is 0 Å². The Bertz CT molecular complexity index is 1050. The Morgan fingerprint density at radius 3 is 2.21 bits per heavy atom. The number of carbonyl (C=O) groups is 3. The number of carbonyl (C=O) groups excluding carboxylic acids is 2. The summed E-state index contributed by atoms with van der Waals surface area (Å²) < 4.78 is 13.1. The number of aromatic carboxylic acids is 1. The Kier molecular flexibility index (Phi) is 7.42. The molecule has 0 radical (unpaired) electrons. The lowest BCUT2D eigenvalue weighted by molar-refractivity contribution is -0.133. The van der Waals surface area contributed by atoms with Gasteiger partial charge in [-0.3, -0.25) is 14.5 Å². The largest absolute Gasteiger partial charge is 0.478 e. The van der Waals surface area contributed by atoms with Crippen LogP contribution in [0.2, 0.25) is 0 Å². The summed E-state index contributed by atoms with van der Waals surface area (Å²) >= 11 is 0. The van der Waals surface area contributed by atoms with Crippen LogP contribution in [-0.4, -0.2) is 78.5 Å². The number of nitrogens with one attached hydrogen (secondary N) is 1. The average molecular weight is 469 g/mol. The highest BCUT2D eigenvalue weighted by atomic mass is 19.1. The van der Waals surface area contributed by atoms with Crippen LogP contribution >= 0.6 is 0 Å². The second-order valence-corrected chi connectivity index (χ2v) is 8.70. The number of likely N-dealkylation sites (tertiary alicyclic amines) is 1. The first-order valence-corrected chi connectivity index (χ1v) is 11.6. The molecule has 2 aliphatic heterocycles. The number of nitrogens with zero attached hydrogens (tertiary/aromatic N) is 3. The molecule has 0 spiro atoms. The van der Waals surface area contributed by atoms with Crippen LogP contribution < -0.4 is 10.2 Å². The predicted molar refractivity (Wildman–Crippen MR) is 127 cm³/mol. The van der Waals surface area contributed by atoms with Crippen LogP contribution in [0.25, 0.3) is 0 Å². The fourth-order valence-electron chi connectivity index (χ4n) is 4.41. The lowest BCUT2D eigenvalue weighted by Crippen LogP contribution is -2.50. The number of halogens is 1. The number of piperidine rings is 1. The zero-order chi connectivity index (χ0) is 24.1. The summed E-state index contributed by atoms with van der Waals surface area (Å²) in [6.45, 7) is 4.89. The van der Waals surface area contributed by atoms with Gasteiger partial charge in [-0.2, -0.15) is 0 Å². The predicted octanol–water partition coefficient (Wildman–Crippen LogP) is 2.91. The van der Waals surface area contributed by atoms with Gasteiger partial charge in [0.25, 0.3) is 5.91 Å². The zero-order valence-electron chi connectivity index (χ0n) is 19.0. The van der Waals surface area contributed by atoms with E-state index in [4.69, 9.17) is 0 Å². The second-order valence-electron chi connectivity index (χ2n) is 8.70. The zero-order valence-corrected chi connectivity index (χ0v) is 19.0. The maximum atomic E-state index is 13.1. The maximum Gasteiger partial charge on any atom is 0.337 e. The third-order valence-corrected chi connectivity index (χ3v) is 6.39. The molecule has 2 fully saturated rings. The number of piperazine rings is 1. The summed E-state index contributed by atoms with van der Waals surface area (Å²) in [6, 6.07) is 9.95. The van der Waals surface area contributed by atoms with E-state index in [1.54, 1.807) is 18.2 Å². The van der Waals surface area contributed by atoms with Crippen LogP contribution in [0.3, 0.4) is 0 Å². The van der Waals surface area contributed by atoms with Crippen LogP contribution in [0, 0.1) is 5.82 Å². The van der Waals surface area contributed by atoms with Gasteiger partial charge in [-0.15, -0.1) is 0 Å². The van der Waals surface area contributed by atoms with Crippen molar-refractivity contribution < 1.29 is 23.9 Å². The van der Waals surface area contributed by atoms with E-state index in [1.165, 1.54) is 30.7 Å². The van der Waals surface area contributed by atoms with E-state index < -0.39 is 17.7 Å². The van der Waals surface area contributed by atoms with Crippen LogP contribution in [-0.2, 0) is 4.79 Å². The van der Waals surface area contributed by atoms with Gasteiger partial charge in [-0.25, -0.2) is 9.18 Å². The van der Waals surface area contributed by atoms with E-state index in [1.807, 2.05) is 4.90 Å². The molecule has 0 saturated carbocycles. The van der Waals surface area contributed by atoms with E-state index in [-0.39, 0.29) is 22.7 Å². The number of hydrogen-bond donors (Lipinski definition) is 2. The summed E-state index contributed by atoms with van der Waals surface area (Å²) in [4.78, 5) is 43.0. The first-order chi connectivity index (χ1) is 16.4. The topological polar surface area (TPSA) is 93.2 Å². The number of carboxylic acid groups (broad SMARTS) is 1. The minimum absolute atomic E-state index is 0.0179. The molecule has 9 heteroatoms. The van der Waals surface area contributed by atoms with Crippen molar-refractivity contribution in [2.45, 2.75) is 19.3 Å². The molecule has 0 atom stereocenters. The monoisotopic (exact) mass is 468 g/mol. The third-order valence-electron chi connectivity index (χ3n) is 6.39. The lowest BCUT2D eigenvalue weighted by Gasteiger charge is -2.37. The Balaban J connectivity index is 1.37. The van der Waals surface area contributed by atoms with Crippen molar-refractivity contribution in [1.29, 1.82) is 0 Å². The molecule has 4 rings (SSSR count). The number of amides is 2. The van der Waals surface area contributed by atoms with Crippen LogP contribution in [0.4, 0.5) is 15.8 Å². The minimum Gasteiger partial charge on any atom is -0.478 e. The normalized spacial score (nSPS) is 16.9. The van der Waals surface area contributed by atoms with Gasteiger partial charge >= 0.3 is 5.97 Å². The Hall–Kier alpha value is -3.46. The molecule has 2 heterocycles. The summed E-state index contributed by atoms with van der Waals surface area (Å²) in [5, 5.41) is 12.3. The fraction of sp³-hybridized carbons (Fsp3) is 0.400. The maximum absolute atomic E-state index is 13.1. The van der Waals surface area contributed by atoms with Gasteiger partial charge in [-0.05, 0) is 61.7 Å². The summed E-state index contributed by atoms with van der Waals surface area (Å²) in [5.41, 5.74) is 1.14. The molecular formula is C25H29FN4O4. The molecule has 2 aromatic rings. The van der Waals surface area contributed by atoms with Crippen molar-refractivity contribution >= 4 is 29.2 Å². The minimum atomic E-state index is -1.15. The number of rotatable bonds is 6. The molecular weight excluding hydrogens is 439 g/mol. The SMILES string of the molecule is O=C(Nc1ccc(N2CCN(CC(=O)N3CCCCC3)CC2)cc1C(=O)O)c1ccc(F)cc1. The highest BCUT2D eigenvalue weighted by molar-refractivity contribution is 6.08. The van der Waals surface area contributed by atoms with E-state index in [0.717, 1.165) is 31.6 Å². The van der Waals surface area contributed by atoms with Gasteiger partial charge in [0, 0.05) is 50.5 Å². The molecule has 0 unspecified atom stereocenters. The highest BCUT2D eigenvalue weighted by Crippen LogP contribution is 2.25. The van der Waals surface area contributed by atoms with Gasteiger partial charge in [-0.1, -0.05) is 0 Å². The molecule has 0 bridgehead atoms. The summed E-state index contributed by atoms with van der Waals surface area (Å²) in [7, 11) is 0. The van der Waals surface area contributed by atoms with Crippen molar-refractivity contribution in [3.63, 3.8) is 0 Å². The third kappa shape index (κ3) is 5.72. The summed E-state index contributed by atoms with van der Waals surface area (Å²) in [5.74, 6) is -1.94. The number of anilines is 2. The van der Waals surface area contributed by atoms with Crippen molar-refractivity contribution in [2.75, 3.05) is 56.0 Å². The Morgan fingerprint density at radius 2 is 1.56 bits per heavy atom. The Labute approximate surface area is 197 Å². The number of benzene rings is 2. The molecule has 2 amide bonds. The highest BCUT2D eigenvalue weighted by Gasteiger charge is 2.24. The second kappa shape index (κ2) is 10.6. The van der Waals surface area contributed by atoms with Crippen molar-refractivity contribution in [1.82, 2.24) is 9.80 Å². The van der Waals surface area contributed by atoms with Crippen molar-refractivity contribution in [2.24, 2.45) is 0 Å². The van der Waals surface area contributed by atoms with Gasteiger partial charge < -0.3 is 20.2 Å². The molecule has 2 saturated heterocycles.